The minimum Gasteiger partial charge on any atom is -0.338 e. The molecule has 1 saturated heterocycles. The molecule has 2 aromatic heterocycles. The highest BCUT2D eigenvalue weighted by Crippen LogP contribution is 2.26. The molecule has 2 aliphatic rings. The number of carbonyl (C=O) groups excluding carboxylic acids is 1. The van der Waals surface area contributed by atoms with E-state index >= 15 is 0 Å². The van der Waals surface area contributed by atoms with Crippen LogP contribution in [0.1, 0.15) is 52.5 Å². The maximum Gasteiger partial charge on any atom is 0.261 e. The summed E-state index contributed by atoms with van der Waals surface area (Å²) in [6, 6.07) is 3.77. The smallest absolute Gasteiger partial charge is 0.261 e. The lowest BCUT2D eigenvalue weighted by Crippen LogP contribution is -2.41. The van der Waals surface area contributed by atoms with Gasteiger partial charge in [0.25, 0.3) is 11.5 Å². The van der Waals surface area contributed by atoms with E-state index in [0.29, 0.717) is 13.1 Å². The number of nitrogens with zero attached hydrogens (tertiary/aromatic N) is 2. The van der Waals surface area contributed by atoms with Gasteiger partial charge in [-0.25, -0.2) is 0 Å². The van der Waals surface area contributed by atoms with Gasteiger partial charge in [0.05, 0.1) is 0 Å². The maximum absolute atomic E-state index is 12.8. The zero-order valence-corrected chi connectivity index (χ0v) is 13.0. The highest BCUT2D eigenvalue weighted by atomic mass is 16.2. The van der Waals surface area contributed by atoms with Crippen LogP contribution in [0.5, 0.6) is 0 Å². The molecule has 23 heavy (non-hydrogen) atoms. The molecule has 1 atom stereocenters. The number of amides is 1. The number of H-pyrrole nitrogens is 2. The number of aromatic amines is 2. The summed E-state index contributed by atoms with van der Waals surface area (Å²) in [4.78, 5) is 29.8. The van der Waals surface area contributed by atoms with Gasteiger partial charge in [0.15, 0.2) is 0 Å². The summed E-state index contributed by atoms with van der Waals surface area (Å²) in [7, 11) is 0. The predicted molar refractivity (Wildman–Crippen MR) is 85.6 cm³/mol. The molecule has 1 aliphatic heterocycles. The Kier molecular flexibility index (Phi) is 3.52. The van der Waals surface area contributed by atoms with Crippen molar-refractivity contribution in [3.05, 3.63) is 51.2 Å². The van der Waals surface area contributed by atoms with E-state index in [1.807, 2.05) is 12.1 Å². The lowest BCUT2D eigenvalue weighted by Gasteiger charge is -2.32. The van der Waals surface area contributed by atoms with Crippen LogP contribution in [0.25, 0.3) is 0 Å². The van der Waals surface area contributed by atoms with Crippen molar-refractivity contribution in [3.63, 3.8) is 0 Å². The number of piperidine rings is 1. The molecule has 6 nitrogen and oxygen atoms in total. The van der Waals surface area contributed by atoms with Crippen molar-refractivity contribution in [2.24, 2.45) is 0 Å². The van der Waals surface area contributed by atoms with E-state index < -0.39 is 0 Å². The molecule has 0 bridgehead atoms. The first-order valence-electron chi connectivity index (χ1n) is 8.26. The third-order valence-electron chi connectivity index (χ3n) is 4.99. The van der Waals surface area contributed by atoms with Gasteiger partial charge in [-0.1, -0.05) is 0 Å². The van der Waals surface area contributed by atoms with Gasteiger partial charge in [0, 0.05) is 36.6 Å². The van der Waals surface area contributed by atoms with Crippen molar-refractivity contribution in [2.75, 3.05) is 13.1 Å². The first kappa shape index (κ1) is 14.2. The Morgan fingerprint density at radius 3 is 3.04 bits per heavy atom. The molecule has 1 amide bonds. The summed E-state index contributed by atoms with van der Waals surface area (Å²) in [6.45, 7) is 1.34. The molecular formula is C17H20N4O2. The van der Waals surface area contributed by atoms with Crippen LogP contribution in [0, 0.1) is 0 Å². The first-order chi connectivity index (χ1) is 11.2. The summed E-state index contributed by atoms with van der Waals surface area (Å²) in [5.41, 5.74) is 3.22. The van der Waals surface area contributed by atoms with Crippen LogP contribution in [0.2, 0.25) is 0 Å². The number of fused-ring (bicyclic) bond motifs is 1. The van der Waals surface area contributed by atoms with Crippen molar-refractivity contribution in [3.8, 4) is 0 Å². The molecule has 0 spiro atoms. The Morgan fingerprint density at radius 2 is 2.22 bits per heavy atom. The van der Waals surface area contributed by atoms with E-state index in [2.05, 4.69) is 15.2 Å². The lowest BCUT2D eigenvalue weighted by atomic mass is 9.94. The van der Waals surface area contributed by atoms with Gasteiger partial charge in [0.1, 0.15) is 5.56 Å². The Morgan fingerprint density at radius 1 is 1.30 bits per heavy atom. The second-order valence-electron chi connectivity index (χ2n) is 6.47. The van der Waals surface area contributed by atoms with E-state index in [9.17, 15) is 9.59 Å². The van der Waals surface area contributed by atoms with Crippen LogP contribution < -0.4 is 5.56 Å². The van der Waals surface area contributed by atoms with Gasteiger partial charge in [-0.3, -0.25) is 14.7 Å². The van der Waals surface area contributed by atoms with Gasteiger partial charge in [-0.15, -0.1) is 0 Å². The van der Waals surface area contributed by atoms with E-state index in [-0.39, 0.29) is 22.9 Å². The molecular weight excluding hydrogens is 292 g/mol. The molecule has 0 radical (unpaired) electrons. The Hall–Kier alpha value is -2.37. The minimum absolute atomic E-state index is 0.148. The second kappa shape index (κ2) is 5.68. The third-order valence-corrected chi connectivity index (χ3v) is 4.99. The normalized spacial score (nSPS) is 20.5. The van der Waals surface area contributed by atoms with Crippen LogP contribution in [0.15, 0.2) is 23.1 Å². The highest BCUT2D eigenvalue weighted by molar-refractivity contribution is 5.94. The number of likely N-dealkylation sites (tertiary alicyclic amines) is 1. The number of aryl methyl sites for hydroxylation is 2. The fourth-order valence-corrected chi connectivity index (χ4v) is 3.75. The Labute approximate surface area is 133 Å². The fourth-order valence-electron chi connectivity index (χ4n) is 3.75. The van der Waals surface area contributed by atoms with Crippen molar-refractivity contribution in [1.82, 2.24) is 20.1 Å². The zero-order chi connectivity index (χ0) is 15.8. The van der Waals surface area contributed by atoms with Crippen molar-refractivity contribution < 1.29 is 4.79 Å². The van der Waals surface area contributed by atoms with E-state index in [1.54, 1.807) is 11.1 Å². The van der Waals surface area contributed by atoms with Crippen LogP contribution in [-0.2, 0) is 12.8 Å². The largest absolute Gasteiger partial charge is 0.338 e. The van der Waals surface area contributed by atoms with Crippen LogP contribution in [0.4, 0.5) is 0 Å². The summed E-state index contributed by atoms with van der Waals surface area (Å²) in [6.07, 6.45) is 6.62. The first-order valence-corrected chi connectivity index (χ1v) is 8.26. The summed E-state index contributed by atoms with van der Waals surface area (Å²) in [5.74, 6) is 0.119. The van der Waals surface area contributed by atoms with Crippen molar-refractivity contribution in [2.45, 2.75) is 38.0 Å². The molecule has 1 aliphatic carbocycles. The van der Waals surface area contributed by atoms with Crippen LogP contribution in [-0.4, -0.2) is 39.1 Å². The number of hydrogen-bond acceptors (Lipinski definition) is 3. The van der Waals surface area contributed by atoms with Gasteiger partial charge in [-0.05, 0) is 49.8 Å². The molecule has 2 aromatic rings. The van der Waals surface area contributed by atoms with E-state index in [4.69, 9.17) is 0 Å². The van der Waals surface area contributed by atoms with Gasteiger partial charge >= 0.3 is 0 Å². The molecule has 6 heteroatoms. The highest BCUT2D eigenvalue weighted by Gasteiger charge is 2.28. The topological polar surface area (TPSA) is 81.8 Å². The van der Waals surface area contributed by atoms with Gasteiger partial charge in [-0.2, -0.15) is 5.10 Å². The average molecular weight is 312 g/mol. The molecule has 3 heterocycles. The molecule has 0 unspecified atom stereocenters. The quantitative estimate of drug-likeness (QED) is 0.884. The predicted octanol–water partition coefficient (Wildman–Crippen LogP) is 1.61. The monoisotopic (exact) mass is 312 g/mol. The van der Waals surface area contributed by atoms with Crippen LogP contribution in [0.3, 0.4) is 0 Å². The average Bonchev–Trinajstić information content (AvgIpc) is 3.24. The molecule has 120 valence electrons. The molecule has 0 saturated carbocycles. The molecule has 4 rings (SSSR count). The number of carbonyl (C=O) groups is 1. The minimum atomic E-state index is -0.251. The fraction of sp³-hybridized carbons (Fsp3) is 0.471. The number of nitrogens with one attached hydrogen (secondary N) is 2. The lowest BCUT2D eigenvalue weighted by molar-refractivity contribution is 0.0704. The van der Waals surface area contributed by atoms with E-state index in [1.165, 1.54) is 0 Å². The number of pyridine rings is 1. The molecule has 1 fully saturated rings. The number of rotatable bonds is 2. The standard InChI is InChI=1S/C17H20N4O2/c22-16-13(9-11-3-1-5-14(11)19-16)17(23)21-8-2-4-12(10-21)15-6-7-18-20-15/h6-7,9,12H,1-5,8,10H2,(H,18,20)(H,19,22)/t12-/m0/s1. The van der Waals surface area contributed by atoms with E-state index in [0.717, 1.165) is 49.1 Å². The Balaban J connectivity index is 1.58. The van der Waals surface area contributed by atoms with Crippen LogP contribution >= 0.6 is 0 Å². The number of hydrogen-bond donors (Lipinski definition) is 2. The van der Waals surface area contributed by atoms with Crippen molar-refractivity contribution in [1.29, 1.82) is 0 Å². The Bertz CT molecular complexity index is 778. The molecule has 0 aromatic carbocycles. The van der Waals surface area contributed by atoms with Gasteiger partial charge < -0.3 is 9.88 Å². The molecule has 2 N–H and O–H groups in total. The third kappa shape index (κ3) is 2.58. The SMILES string of the molecule is O=C(c1cc2c([nH]c1=O)CCC2)N1CCC[C@H](c2ccn[nH]2)C1. The van der Waals surface area contributed by atoms with Gasteiger partial charge in [0.2, 0.25) is 0 Å². The summed E-state index contributed by atoms with van der Waals surface area (Å²) in [5, 5.41) is 6.99. The summed E-state index contributed by atoms with van der Waals surface area (Å²) >= 11 is 0. The number of aromatic nitrogens is 3. The second-order valence-corrected chi connectivity index (χ2v) is 6.47. The maximum atomic E-state index is 12.8. The zero-order valence-electron chi connectivity index (χ0n) is 13.0. The summed E-state index contributed by atoms with van der Waals surface area (Å²) < 4.78 is 0. The van der Waals surface area contributed by atoms with Crippen molar-refractivity contribution >= 4 is 5.91 Å².